The van der Waals surface area contributed by atoms with Gasteiger partial charge in [0.25, 0.3) is 0 Å². The summed E-state index contributed by atoms with van der Waals surface area (Å²) in [7, 11) is 0. The maximum absolute atomic E-state index is 10.1. The summed E-state index contributed by atoms with van der Waals surface area (Å²) in [5.74, 6) is 6.05. The van der Waals surface area contributed by atoms with E-state index in [1.165, 1.54) is 18.4 Å². The summed E-state index contributed by atoms with van der Waals surface area (Å²) in [6.45, 7) is 8.99. The highest BCUT2D eigenvalue weighted by atomic mass is 16.3. The average molecular weight is 284 g/mol. The molecular formula is C18H24N2O. The molecule has 0 aromatic carbocycles. The Balaban J connectivity index is 2.07. The van der Waals surface area contributed by atoms with Gasteiger partial charge in [-0.15, -0.1) is 0 Å². The molecule has 0 aliphatic carbocycles. The minimum atomic E-state index is -1.10. The van der Waals surface area contributed by atoms with Gasteiger partial charge in [-0.25, -0.2) is 0 Å². The summed E-state index contributed by atoms with van der Waals surface area (Å²) in [6.07, 6.45) is 7.34. The molecular weight excluding hydrogens is 260 g/mol. The van der Waals surface area contributed by atoms with Crippen LogP contribution in [0, 0.1) is 11.8 Å². The van der Waals surface area contributed by atoms with Crippen LogP contribution < -0.4 is 0 Å². The van der Waals surface area contributed by atoms with Crippen LogP contribution in [-0.2, 0) is 0 Å². The van der Waals surface area contributed by atoms with Gasteiger partial charge in [0.1, 0.15) is 5.60 Å². The number of hydrogen-bond donors (Lipinski definition) is 1. The van der Waals surface area contributed by atoms with Crippen molar-refractivity contribution in [1.82, 2.24) is 9.88 Å². The van der Waals surface area contributed by atoms with Gasteiger partial charge in [-0.05, 0) is 50.4 Å². The number of nitrogens with zero attached hydrogens (tertiary/aromatic N) is 2. The predicted molar refractivity (Wildman–Crippen MR) is 85.6 cm³/mol. The summed E-state index contributed by atoms with van der Waals surface area (Å²) in [6, 6.07) is 4.50. The quantitative estimate of drug-likeness (QED) is 0.685. The number of aromatic nitrogens is 1. The molecule has 1 saturated heterocycles. The maximum Gasteiger partial charge on any atom is 0.143 e. The second-order valence-electron chi connectivity index (χ2n) is 5.92. The minimum Gasteiger partial charge on any atom is -0.374 e. The molecule has 1 fully saturated rings. The zero-order chi connectivity index (χ0) is 15.3. The van der Waals surface area contributed by atoms with E-state index < -0.39 is 5.60 Å². The summed E-state index contributed by atoms with van der Waals surface area (Å²) in [5.41, 5.74) is 0.836. The van der Waals surface area contributed by atoms with Crippen molar-refractivity contribution >= 4 is 0 Å². The molecule has 0 saturated carbocycles. The van der Waals surface area contributed by atoms with Crippen molar-refractivity contribution in [2.24, 2.45) is 0 Å². The van der Waals surface area contributed by atoms with E-state index in [2.05, 4.69) is 34.4 Å². The van der Waals surface area contributed by atoms with E-state index in [0.29, 0.717) is 18.2 Å². The van der Waals surface area contributed by atoms with Gasteiger partial charge in [-0.1, -0.05) is 30.9 Å². The number of aliphatic hydroxyl groups is 1. The average Bonchev–Trinajstić information content (AvgIpc) is 2.48. The normalized spacial score (nSPS) is 22.0. The van der Waals surface area contributed by atoms with Crippen molar-refractivity contribution in [1.29, 1.82) is 0 Å². The van der Waals surface area contributed by atoms with Gasteiger partial charge in [-0.3, -0.25) is 9.88 Å². The highest BCUT2D eigenvalue weighted by Gasteiger charge is 2.23. The van der Waals surface area contributed by atoms with Gasteiger partial charge >= 0.3 is 0 Å². The molecule has 2 rings (SSSR count). The first-order valence-electron chi connectivity index (χ1n) is 7.53. The van der Waals surface area contributed by atoms with Crippen LogP contribution in [0.1, 0.15) is 44.7 Å². The molecule has 1 aromatic heterocycles. The van der Waals surface area contributed by atoms with Crippen LogP contribution in [0.5, 0.6) is 0 Å². The molecule has 2 atom stereocenters. The first-order chi connectivity index (χ1) is 10.0. The lowest BCUT2D eigenvalue weighted by Crippen LogP contribution is -2.34. The van der Waals surface area contributed by atoms with E-state index in [1.807, 2.05) is 12.3 Å². The van der Waals surface area contributed by atoms with E-state index >= 15 is 0 Å². The van der Waals surface area contributed by atoms with Crippen molar-refractivity contribution in [3.8, 4) is 11.8 Å². The summed E-state index contributed by atoms with van der Waals surface area (Å²) in [5, 5.41) is 10.1. The lowest BCUT2D eigenvalue weighted by atomic mass is 9.96. The van der Waals surface area contributed by atoms with E-state index in [1.54, 1.807) is 20.0 Å². The second kappa shape index (κ2) is 6.89. The maximum atomic E-state index is 10.1. The van der Waals surface area contributed by atoms with Crippen LogP contribution in [0.15, 0.2) is 36.7 Å². The third-order valence-corrected chi connectivity index (χ3v) is 4.13. The van der Waals surface area contributed by atoms with Crippen molar-refractivity contribution in [3.63, 3.8) is 0 Å². The Morgan fingerprint density at radius 1 is 1.57 bits per heavy atom. The largest absolute Gasteiger partial charge is 0.374 e. The Labute approximate surface area is 127 Å². The minimum absolute atomic E-state index is 0.386. The summed E-state index contributed by atoms with van der Waals surface area (Å²) < 4.78 is 0. The van der Waals surface area contributed by atoms with Crippen molar-refractivity contribution < 1.29 is 5.11 Å². The van der Waals surface area contributed by atoms with Crippen LogP contribution in [0.2, 0.25) is 0 Å². The van der Waals surface area contributed by atoms with Crippen molar-refractivity contribution in [2.45, 2.75) is 44.8 Å². The SMILES string of the molecule is C=C(C)[C@@](C)(O)C#CCN1CCCC[C@@H]1c1cccnc1. The molecule has 1 aromatic rings. The number of rotatable bonds is 3. The number of piperidine rings is 1. The fourth-order valence-corrected chi connectivity index (χ4v) is 2.55. The molecule has 0 amide bonds. The predicted octanol–water partition coefficient (Wildman–Crippen LogP) is 2.94. The van der Waals surface area contributed by atoms with E-state index in [4.69, 9.17) is 0 Å². The lowest BCUT2D eigenvalue weighted by molar-refractivity contribution is 0.158. The molecule has 0 bridgehead atoms. The molecule has 1 aliphatic heterocycles. The molecule has 0 radical (unpaired) electrons. The fourth-order valence-electron chi connectivity index (χ4n) is 2.55. The second-order valence-corrected chi connectivity index (χ2v) is 5.92. The third kappa shape index (κ3) is 4.17. The Bertz CT molecular complexity index is 539. The van der Waals surface area contributed by atoms with Gasteiger partial charge in [0, 0.05) is 18.4 Å². The van der Waals surface area contributed by atoms with E-state index in [0.717, 1.165) is 13.0 Å². The summed E-state index contributed by atoms with van der Waals surface area (Å²) >= 11 is 0. The first kappa shape index (κ1) is 15.8. The molecule has 21 heavy (non-hydrogen) atoms. The zero-order valence-corrected chi connectivity index (χ0v) is 13.0. The van der Waals surface area contributed by atoms with E-state index in [9.17, 15) is 5.11 Å². The van der Waals surface area contributed by atoms with Crippen LogP contribution in [0.25, 0.3) is 0 Å². The van der Waals surface area contributed by atoms with Crippen molar-refractivity contribution in [3.05, 3.63) is 42.2 Å². The smallest absolute Gasteiger partial charge is 0.143 e. The van der Waals surface area contributed by atoms with Gasteiger partial charge in [0.15, 0.2) is 0 Å². The Morgan fingerprint density at radius 2 is 2.38 bits per heavy atom. The molecule has 2 heterocycles. The topological polar surface area (TPSA) is 36.4 Å². The Kier molecular flexibility index (Phi) is 5.17. The number of hydrogen-bond acceptors (Lipinski definition) is 3. The highest BCUT2D eigenvalue weighted by Crippen LogP contribution is 2.29. The monoisotopic (exact) mass is 284 g/mol. The van der Waals surface area contributed by atoms with Gasteiger partial charge in [0.05, 0.1) is 6.54 Å². The Hall–Kier alpha value is -1.63. The molecule has 0 unspecified atom stereocenters. The molecule has 0 spiro atoms. The zero-order valence-electron chi connectivity index (χ0n) is 13.0. The fraction of sp³-hybridized carbons (Fsp3) is 0.500. The first-order valence-corrected chi connectivity index (χ1v) is 7.53. The van der Waals surface area contributed by atoms with Gasteiger partial charge in [-0.2, -0.15) is 0 Å². The molecule has 3 heteroatoms. The van der Waals surface area contributed by atoms with Gasteiger partial charge in [0.2, 0.25) is 0 Å². The molecule has 3 nitrogen and oxygen atoms in total. The lowest BCUT2D eigenvalue weighted by Gasteiger charge is -2.34. The van der Waals surface area contributed by atoms with Crippen LogP contribution in [0.3, 0.4) is 0 Å². The van der Waals surface area contributed by atoms with E-state index in [-0.39, 0.29) is 0 Å². The van der Waals surface area contributed by atoms with Crippen LogP contribution in [0.4, 0.5) is 0 Å². The third-order valence-electron chi connectivity index (χ3n) is 4.13. The molecule has 1 N–H and O–H groups in total. The highest BCUT2D eigenvalue weighted by molar-refractivity contribution is 5.26. The summed E-state index contributed by atoms with van der Waals surface area (Å²) in [4.78, 5) is 6.60. The van der Waals surface area contributed by atoms with Crippen LogP contribution >= 0.6 is 0 Å². The molecule has 1 aliphatic rings. The van der Waals surface area contributed by atoms with Gasteiger partial charge < -0.3 is 5.11 Å². The molecule has 112 valence electrons. The standard InChI is InChI=1S/C18H24N2O/c1-15(2)18(3,21)10-7-13-20-12-5-4-9-17(20)16-8-6-11-19-14-16/h6,8,11,14,17,21H,1,4-5,9,12-13H2,2-3H3/t17-,18+/m1/s1. The van der Waals surface area contributed by atoms with Crippen LogP contribution in [-0.4, -0.2) is 33.7 Å². The number of likely N-dealkylation sites (tertiary alicyclic amines) is 1. The van der Waals surface area contributed by atoms with Crippen molar-refractivity contribution in [2.75, 3.05) is 13.1 Å². The number of pyridine rings is 1. The Morgan fingerprint density at radius 3 is 3.05 bits per heavy atom.